The van der Waals surface area contributed by atoms with Gasteiger partial charge < -0.3 is 10.2 Å². The van der Waals surface area contributed by atoms with Gasteiger partial charge in [-0.15, -0.1) is 19.4 Å². The predicted molar refractivity (Wildman–Crippen MR) is 124 cm³/mol. The summed E-state index contributed by atoms with van der Waals surface area (Å²) in [6.45, 7) is 20.0. The molecule has 30 heavy (non-hydrogen) atoms. The van der Waals surface area contributed by atoms with Crippen LogP contribution in [0.3, 0.4) is 0 Å². The number of hydrogen-bond acceptors (Lipinski definition) is 3. The van der Waals surface area contributed by atoms with Gasteiger partial charge in [0.25, 0.3) is 0 Å². The van der Waals surface area contributed by atoms with Crippen molar-refractivity contribution >= 4 is 11.8 Å². The third kappa shape index (κ3) is 5.17. The monoisotopic (exact) mass is 420 g/mol. The van der Waals surface area contributed by atoms with Crippen LogP contribution in [-0.2, 0) is 9.59 Å². The van der Waals surface area contributed by atoms with Crippen molar-refractivity contribution in [3.8, 4) is 12.8 Å². The number of hydrogen-bond donors (Lipinski definition) is 2. The van der Waals surface area contributed by atoms with Crippen LogP contribution in [0.15, 0.2) is 12.7 Å². The first-order valence-electron chi connectivity index (χ1n) is 11.2. The highest BCUT2D eigenvalue weighted by molar-refractivity contribution is 5.85. The van der Waals surface area contributed by atoms with E-state index in [-0.39, 0.29) is 22.2 Å². The Labute approximate surface area is 184 Å². The first-order valence-corrected chi connectivity index (χ1v) is 11.2. The molecule has 0 aromatic carbocycles. The van der Waals surface area contributed by atoms with E-state index < -0.39 is 12.6 Å². The van der Waals surface area contributed by atoms with E-state index in [0.29, 0.717) is 23.5 Å². The molecule has 0 amide bonds. The lowest BCUT2D eigenvalue weighted by Gasteiger charge is -2.56. The predicted octanol–water partition coefficient (Wildman–Crippen LogP) is 5.60. The van der Waals surface area contributed by atoms with Crippen molar-refractivity contribution in [2.75, 3.05) is 6.61 Å². The Morgan fingerprint density at radius 2 is 1.70 bits per heavy atom. The van der Waals surface area contributed by atoms with Gasteiger partial charge in [0.05, 0.1) is 0 Å². The van der Waals surface area contributed by atoms with Crippen LogP contribution in [0.1, 0.15) is 80.6 Å². The van der Waals surface area contributed by atoms with Crippen LogP contribution in [-0.4, -0.2) is 28.6 Å². The number of ketones is 1. The minimum atomic E-state index is -1.19. The fraction of sp³-hybridized carbons (Fsp3) is 0.769. The Bertz CT molecular complexity index is 622. The third-order valence-electron chi connectivity index (χ3n) is 8.87. The van der Waals surface area contributed by atoms with Crippen molar-refractivity contribution in [3.63, 3.8) is 0 Å². The molecular weight excluding hydrogens is 376 g/mol. The molecule has 3 unspecified atom stereocenters. The van der Waals surface area contributed by atoms with E-state index in [1.54, 1.807) is 0 Å². The molecule has 2 aliphatic carbocycles. The molecule has 0 saturated heterocycles. The molecule has 0 aromatic heterocycles. The Kier molecular flexibility index (Phi) is 10.5. The maximum absolute atomic E-state index is 13.0. The molecule has 0 radical (unpaired) electrons. The Morgan fingerprint density at radius 3 is 2.07 bits per heavy atom. The van der Waals surface area contributed by atoms with Gasteiger partial charge in [0.2, 0.25) is 0 Å². The fourth-order valence-corrected chi connectivity index (χ4v) is 6.07. The summed E-state index contributed by atoms with van der Waals surface area (Å²) in [6.07, 6.45) is 15.5. The molecule has 0 aromatic rings. The molecule has 6 atom stereocenters. The molecular formula is C26H44O4. The molecule has 2 saturated carbocycles. The lowest BCUT2D eigenvalue weighted by atomic mass is 9.47. The van der Waals surface area contributed by atoms with Crippen LogP contribution in [0.2, 0.25) is 0 Å². The van der Waals surface area contributed by atoms with E-state index >= 15 is 0 Å². The Hall–Kier alpha value is -1.60. The molecule has 0 heterocycles. The van der Waals surface area contributed by atoms with Gasteiger partial charge in [0.15, 0.2) is 0 Å². The highest BCUT2D eigenvalue weighted by Crippen LogP contribution is 2.64. The quantitative estimate of drug-likeness (QED) is 0.459. The maximum atomic E-state index is 13.0. The van der Waals surface area contributed by atoms with Gasteiger partial charge in [-0.2, -0.15) is 0 Å². The van der Waals surface area contributed by atoms with Crippen molar-refractivity contribution in [1.29, 1.82) is 0 Å². The first-order chi connectivity index (χ1) is 13.9. The van der Waals surface area contributed by atoms with Crippen molar-refractivity contribution < 1.29 is 19.8 Å². The third-order valence-corrected chi connectivity index (χ3v) is 8.87. The Balaban J connectivity index is 0.00000105. The second-order valence-corrected chi connectivity index (χ2v) is 9.99. The van der Waals surface area contributed by atoms with E-state index in [1.165, 1.54) is 0 Å². The number of carbonyl (C=O) groups excluding carboxylic acids is 1. The zero-order valence-corrected chi connectivity index (χ0v) is 20.2. The van der Waals surface area contributed by atoms with Gasteiger partial charge in [-0.25, -0.2) is 4.79 Å². The summed E-state index contributed by atoms with van der Waals surface area (Å²) in [7, 11) is 0. The van der Waals surface area contributed by atoms with Gasteiger partial charge in [-0.3, -0.25) is 4.79 Å². The summed E-state index contributed by atoms with van der Waals surface area (Å²) in [5.74, 6) is 1.27. The van der Waals surface area contributed by atoms with Crippen LogP contribution < -0.4 is 0 Å². The number of carboxylic acids is 1. The van der Waals surface area contributed by atoms with Gasteiger partial charge >= 0.3 is 5.97 Å². The number of carboxylic acid groups (broad SMARTS) is 1. The summed E-state index contributed by atoms with van der Waals surface area (Å²) >= 11 is 0. The minimum absolute atomic E-state index is 0.113. The minimum Gasteiger partial charge on any atom is -0.480 e. The lowest BCUT2D eigenvalue weighted by Crippen LogP contribution is -2.52. The summed E-state index contributed by atoms with van der Waals surface area (Å²) < 4.78 is 0. The zero-order valence-electron chi connectivity index (χ0n) is 20.2. The van der Waals surface area contributed by atoms with E-state index in [0.717, 1.165) is 32.1 Å². The lowest BCUT2D eigenvalue weighted by molar-refractivity contribution is -0.140. The second-order valence-electron chi connectivity index (χ2n) is 9.99. The molecule has 2 aliphatic rings. The summed E-state index contributed by atoms with van der Waals surface area (Å²) in [4.78, 5) is 22.1. The van der Waals surface area contributed by atoms with Crippen LogP contribution >= 0.6 is 0 Å². The van der Waals surface area contributed by atoms with E-state index in [4.69, 9.17) is 15.0 Å². The molecule has 4 nitrogen and oxygen atoms in total. The highest BCUT2D eigenvalue weighted by Gasteiger charge is 2.60. The van der Waals surface area contributed by atoms with Crippen molar-refractivity contribution in [2.24, 2.45) is 39.9 Å². The normalized spacial score (nSPS) is 38.1. The number of Topliss-reactive ketones (excluding diaryl/α,β-unsaturated/α-hetero) is 1. The largest absolute Gasteiger partial charge is 0.480 e. The number of rotatable bonds is 4. The van der Waals surface area contributed by atoms with Crippen molar-refractivity contribution in [3.05, 3.63) is 12.7 Å². The molecule has 172 valence electrons. The Morgan fingerprint density at radius 1 is 1.20 bits per heavy atom. The highest BCUT2D eigenvalue weighted by atomic mass is 16.4. The molecule has 2 N–H and O–H groups in total. The SMILES string of the molecule is C#C.C=C[C@]1(C)CC[C@](C)(C(C)C)C2C(=O)CCC2(CC)[C@@H](C)C1C.O=C(O)CO. The fourth-order valence-electron chi connectivity index (χ4n) is 6.07. The molecule has 4 heteroatoms. The van der Waals surface area contributed by atoms with E-state index in [1.807, 2.05) is 0 Å². The molecule has 2 fully saturated rings. The van der Waals surface area contributed by atoms with Gasteiger partial charge in [-0.05, 0) is 59.7 Å². The number of aliphatic carboxylic acids is 1. The van der Waals surface area contributed by atoms with E-state index in [2.05, 4.69) is 74.0 Å². The number of aliphatic hydroxyl groups is 1. The van der Waals surface area contributed by atoms with E-state index in [9.17, 15) is 4.79 Å². The summed E-state index contributed by atoms with van der Waals surface area (Å²) in [6, 6.07) is 0. The van der Waals surface area contributed by atoms with Gasteiger partial charge in [0, 0.05) is 12.3 Å². The zero-order chi connectivity index (χ0) is 23.9. The summed E-state index contributed by atoms with van der Waals surface area (Å²) in [5.41, 5.74) is 0.469. The number of fused-ring (bicyclic) bond motifs is 1. The standard InChI is InChI=1S/C22H38O.C2H4O3.C2H2/c1-9-20(7)13-14-21(8,15(3)4)19-18(23)11-12-22(19,10-2)17(6)16(20)5;3-1-2(4)5;1-2/h9,15-17,19H,1,10-14H2,2-8H3;3H,1H2,(H,4,5);1-2H/t16?,17-,19?,20+,21+,22?;;/m0../s1. The topological polar surface area (TPSA) is 74.6 Å². The van der Waals surface area contributed by atoms with Crippen molar-refractivity contribution in [1.82, 2.24) is 0 Å². The molecule has 0 bridgehead atoms. The first kappa shape index (κ1) is 28.4. The molecule has 0 aliphatic heterocycles. The smallest absolute Gasteiger partial charge is 0.329 e. The molecule has 0 spiro atoms. The maximum Gasteiger partial charge on any atom is 0.329 e. The summed E-state index contributed by atoms with van der Waals surface area (Å²) in [5, 5.41) is 15.0. The van der Waals surface area contributed by atoms with Crippen LogP contribution in [0, 0.1) is 52.8 Å². The molecule has 2 rings (SSSR count). The van der Waals surface area contributed by atoms with Crippen LogP contribution in [0.5, 0.6) is 0 Å². The number of carbonyl (C=O) groups is 2. The van der Waals surface area contributed by atoms with Crippen LogP contribution in [0.25, 0.3) is 0 Å². The second kappa shape index (κ2) is 11.1. The van der Waals surface area contributed by atoms with Gasteiger partial charge in [-0.1, -0.05) is 54.5 Å². The van der Waals surface area contributed by atoms with Crippen LogP contribution in [0.4, 0.5) is 0 Å². The van der Waals surface area contributed by atoms with Crippen molar-refractivity contribution in [2.45, 2.75) is 80.6 Å². The number of terminal acetylenes is 1. The average Bonchev–Trinajstić information content (AvgIpc) is 3.09. The van der Waals surface area contributed by atoms with Gasteiger partial charge in [0.1, 0.15) is 12.4 Å². The number of aliphatic hydroxyl groups excluding tert-OH is 1. The number of allylic oxidation sites excluding steroid dienone is 1. The average molecular weight is 421 g/mol.